The summed E-state index contributed by atoms with van der Waals surface area (Å²) >= 11 is 6.10. The van der Waals surface area contributed by atoms with Crippen molar-refractivity contribution in [1.29, 1.82) is 0 Å². The van der Waals surface area contributed by atoms with Gasteiger partial charge in [0.05, 0.1) is 6.20 Å². The number of piperidine rings is 1. The maximum Gasteiger partial charge on any atom is 0.0528 e. The SMILES string of the molecule is Clc1ccc(C2(c3cn[nH]c3)CCN(c3ccccc3)CC2)cc1. The van der Waals surface area contributed by atoms with Gasteiger partial charge in [-0.25, -0.2) is 0 Å². The van der Waals surface area contributed by atoms with Crippen LogP contribution in [0.25, 0.3) is 0 Å². The molecule has 1 fully saturated rings. The van der Waals surface area contributed by atoms with Gasteiger partial charge in [0.25, 0.3) is 0 Å². The second kappa shape index (κ2) is 6.33. The minimum absolute atomic E-state index is 0.00285. The minimum Gasteiger partial charge on any atom is -0.371 e. The van der Waals surface area contributed by atoms with Crippen LogP contribution < -0.4 is 4.90 Å². The minimum atomic E-state index is 0.00285. The average molecular weight is 338 g/mol. The number of hydrogen-bond donors (Lipinski definition) is 1. The Bertz CT molecular complexity index is 774. The molecule has 1 aromatic heterocycles. The standard InChI is InChI=1S/C20H20ClN3/c21-18-8-6-16(7-9-18)20(17-14-22-23-15-17)10-12-24(13-11-20)19-4-2-1-3-5-19/h1-9,14-15H,10-13H2,(H,22,23). The Hall–Kier alpha value is -2.26. The van der Waals surface area contributed by atoms with Crippen LogP contribution >= 0.6 is 11.6 Å². The molecule has 1 aliphatic rings. The molecule has 2 heterocycles. The number of benzene rings is 2. The van der Waals surface area contributed by atoms with Gasteiger partial charge < -0.3 is 4.90 Å². The van der Waals surface area contributed by atoms with Crippen molar-refractivity contribution in [3.63, 3.8) is 0 Å². The Morgan fingerprint density at radius 3 is 2.25 bits per heavy atom. The van der Waals surface area contributed by atoms with Crippen molar-refractivity contribution in [3.05, 3.63) is 83.1 Å². The summed E-state index contributed by atoms with van der Waals surface area (Å²) in [6.45, 7) is 2.05. The highest BCUT2D eigenvalue weighted by Crippen LogP contribution is 2.42. The number of aromatic amines is 1. The van der Waals surface area contributed by atoms with Gasteiger partial charge in [-0.2, -0.15) is 5.10 Å². The van der Waals surface area contributed by atoms with Crippen molar-refractivity contribution in [2.24, 2.45) is 0 Å². The Kier molecular flexibility index (Phi) is 4.03. The van der Waals surface area contributed by atoms with Crippen molar-refractivity contribution in [2.75, 3.05) is 18.0 Å². The zero-order valence-electron chi connectivity index (χ0n) is 13.5. The summed E-state index contributed by atoms with van der Waals surface area (Å²) in [6, 6.07) is 18.9. The Morgan fingerprint density at radius 2 is 1.62 bits per heavy atom. The number of rotatable bonds is 3. The van der Waals surface area contributed by atoms with E-state index in [1.807, 2.05) is 24.5 Å². The molecule has 3 nitrogen and oxygen atoms in total. The van der Waals surface area contributed by atoms with Gasteiger partial charge in [-0.1, -0.05) is 41.9 Å². The van der Waals surface area contributed by atoms with Gasteiger partial charge in [0.2, 0.25) is 0 Å². The monoisotopic (exact) mass is 337 g/mol. The maximum absolute atomic E-state index is 6.10. The fourth-order valence-electron chi connectivity index (χ4n) is 3.81. The van der Waals surface area contributed by atoms with E-state index < -0.39 is 0 Å². The summed E-state index contributed by atoms with van der Waals surface area (Å²) < 4.78 is 0. The first-order chi connectivity index (χ1) is 11.8. The van der Waals surface area contributed by atoms with Crippen LogP contribution in [0, 0.1) is 0 Å². The van der Waals surface area contributed by atoms with E-state index in [1.165, 1.54) is 16.8 Å². The molecule has 4 rings (SSSR count). The molecule has 4 heteroatoms. The Morgan fingerprint density at radius 1 is 0.917 bits per heavy atom. The van der Waals surface area contributed by atoms with E-state index in [2.05, 4.69) is 57.6 Å². The molecule has 0 unspecified atom stereocenters. The first-order valence-electron chi connectivity index (χ1n) is 8.33. The van der Waals surface area contributed by atoms with Gasteiger partial charge in [-0.15, -0.1) is 0 Å². The van der Waals surface area contributed by atoms with Crippen molar-refractivity contribution in [2.45, 2.75) is 18.3 Å². The zero-order valence-corrected chi connectivity index (χ0v) is 14.2. The molecule has 1 N–H and O–H groups in total. The molecule has 1 saturated heterocycles. The number of aromatic nitrogens is 2. The normalized spacial score (nSPS) is 17.0. The second-order valence-corrected chi connectivity index (χ2v) is 6.84. The van der Waals surface area contributed by atoms with Crippen molar-refractivity contribution in [1.82, 2.24) is 10.2 Å². The van der Waals surface area contributed by atoms with E-state index >= 15 is 0 Å². The van der Waals surface area contributed by atoms with Crippen molar-refractivity contribution in [3.8, 4) is 0 Å². The predicted octanol–water partition coefficient (Wildman–Crippen LogP) is 4.65. The van der Waals surface area contributed by atoms with Crippen LogP contribution in [0.4, 0.5) is 5.69 Å². The van der Waals surface area contributed by atoms with Gasteiger partial charge in [0.15, 0.2) is 0 Å². The van der Waals surface area contributed by atoms with E-state index in [1.54, 1.807) is 0 Å². The molecule has 3 aromatic rings. The van der Waals surface area contributed by atoms with Gasteiger partial charge >= 0.3 is 0 Å². The molecule has 2 aromatic carbocycles. The Balaban J connectivity index is 1.66. The van der Waals surface area contributed by atoms with Crippen molar-refractivity contribution >= 4 is 17.3 Å². The predicted molar refractivity (Wildman–Crippen MR) is 98.7 cm³/mol. The smallest absolute Gasteiger partial charge is 0.0528 e. The first kappa shape index (κ1) is 15.3. The molecule has 1 aliphatic heterocycles. The van der Waals surface area contributed by atoms with Crippen LogP contribution in [0.15, 0.2) is 67.0 Å². The summed E-state index contributed by atoms with van der Waals surface area (Å²) in [4.78, 5) is 2.47. The van der Waals surface area contributed by atoms with Gasteiger partial charge in [0, 0.05) is 41.0 Å². The quantitative estimate of drug-likeness (QED) is 0.754. The van der Waals surface area contributed by atoms with E-state index in [0.29, 0.717) is 0 Å². The molecule has 0 aliphatic carbocycles. The summed E-state index contributed by atoms with van der Waals surface area (Å²) in [5.41, 5.74) is 3.89. The van der Waals surface area contributed by atoms with E-state index in [0.717, 1.165) is 31.0 Å². The van der Waals surface area contributed by atoms with E-state index in [-0.39, 0.29) is 5.41 Å². The molecule has 0 saturated carbocycles. The maximum atomic E-state index is 6.10. The number of nitrogens with zero attached hydrogens (tertiary/aromatic N) is 2. The molecule has 0 spiro atoms. The summed E-state index contributed by atoms with van der Waals surface area (Å²) in [5, 5.41) is 7.96. The molecule has 24 heavy (non-hydrogen) atoms. The number of hydrogen-bond acceptors (Lipinski definition) is 2. The average Bonchev–Trinajstić information content (AvgIpc) is 3.18. The zero-order chi connectivity index (χ0) is 16.4. The molecule has 0 radical (unpaired) electrons. The highest BCUT2D eigenvalue weighted by Gasteiger charge is 2.38. The van der Waals surface area contributed by atoms with Crippen LogP contribution in [0.1, 0.15) is 24.0 Å². The third kappa shape index (κ3) is 2.69. The lowest BCUT2D eigenvalue weighted by Crippen LogP contribution is -2.43. The summed E-state index contributed by atoms with van der Waals surface area (Å²) in [5.74, 6) is 0. The fraction of sp³-hybridized carbons (Fsp3) is 0.250. The Labute approximate surface area is 147 Å². The van der Waals surface area contributed by atoms with E-state index in [4.69, 9.17) is 11.6 Å². The third-order valence-electron chi connectivity index (χ3n) is 5.19. The highest BCUT2D eigenvalue weighted by molar-refractivity contribution is 6.30. The molecular formula is C20H20ClN3. The first-order valence-corrected chi connectivity index (χ1v) is 8.71. The molecule has 0 atom stereocenters. The number of halogens is 1. The van der Waals surface area contributed by atoms with Crippen LogP contribution in [0.5, 0.6) is 0 Å². The molecule has 0 amide bonds. The number of H-pyrrole nitrogens is 1. The van der Waals surface area contributed by atoms with Crippen LogP contribution in [-0.4, -0.2) is 23.3 Å². The van der Waals surface area contributed by atoms with Gasteiger partial charge in [-0.3, -0.25) is 5.10 Å². The number of para-hydroxylation sites is 1. The lowest BCUT2D eigenvalue weighted by molar-refractivity contribution is 0.392. The highest BCUT2D eigenvalue weighted by atomic mass is 35.5. The second-order valence-electron chi connectivity index (χ2n) is 6.40. The molecular weight excluding hydrogens is 318 g/mol. The van der Waals surface area contributed by atoms with Crippen molar-refractivity contribution < 1.29 is 0 Å². The topological polar surface area (TPSA) is 31.9 Å². The van der Waals surface area contributed by atoms with Gasteiger partial charge in [-0.05, 0) is 42.7 Å². The third-order valence-corrected chi connectivity index (χ3v) is 5.44. The summed E-state index contributed by atoms with van der Waals surface area (Å²) in [7, 11) is 0. The number of anilines is 1. The van der Waals surface area contributed by atoms with Crippen LogP contribution in [0.3, 0.4) is 0 Å². The van der Waals surface area contributed by atoms with Crippen LogP contribution in [0.2, 0.25) is 5.02 Å². The largest absolute Gasteiger partial charge is 0.371 e. The fourth-order valence-corrected chi connectivity index (χ4v) is 3.94. The van der Waals surface area contributed by atoms with Gasteiger partial charge in [0.1, 0.15) is 0 Å². The lowest BCUT2D eigenvalue weighted by Gasteiger charge is -2.43. The summed E-state index contributed by atoms with van der Waals surface area (Å²) in [6.07, 6.45) is 6.12. The lowest BCUT2D eigenvalue weighted by atomic mass is 9.69. The molecule has 0 bridgehead atoms. The molecule has 122 valence electrons. The number of nitrogens with one attached hydrogen (secondary N) is 1. The van der Waals surface area contributed by atoms with Crippen LogP contribution in [-0.2, 0) is 5.41 Å². The van der Waals surface area contributed by atoms with E-state index in [9.17, 15) is 0 Å².